The molecule has 96 valence electrons. The van der Waals surface area contributed by atoms with Gasteiger partial charge < -0.3 is 0 Å². The van der Waals surface area contributed by atoms with Crippen molar-refractivity contribution in [3.8, 4) is 11.1 Å². The molecule has 0 saturated carbocycles. The standard InChI is InChI=1S/C13H6Br3NO2/c14-6-1-2-8-9(3-6)13(16)10-4-7(15)5-11(12(8)10)17(18)19/h1-5,13H/t13-/m0/s1. The summed E-state index contributed by atoms with van der Waals surface area (Å²) in [5.41, 5.74) is 3.73. The summed E-state index contributed by atoms with van der Waals surface area (Å²) in [5.74, 6) is 0. The monoisotopic (exact) mass is 445 g/mol. The van der Waals surface area contributed by atoms with E-state index in [-0.39, 0.29) is 15.4 Å². The third kappa shape index (κ3) is 2.06. The Balaban J connectivity index is 2.38. The minimum atomic E-state index is -0.333. The minimum absolute atomic E-state index is 0.0220. The SMILES string of the molecule is O=[N+]([O-])c1cc(Br)cc2c1-c1ccc(Br)cc1[C@@H]2Br. The number of nitro benzene ring substituents is 1. The maximum Gasteiger partial charge on any atom is 0.278 e. The van der Waals surface area contributed by atoms with Crippen molar-refractivity contribution < 1.29 is 4.92 Å². The number of hydrogen-bond donors (Lipinski definition) is 0. The van der Waals surface area contributed by atoms with Crippen LogP contribution < -0.4 is 0 Å². The van der Waals surface area contributed by atoms with E-state index in [0.717, 1.165) is 21.2 Å². The van der Waals surface area contributed by atoms with Gasteiger partial charge in [0.2, 0.25) is 0 Å². The van der Waals surface area contributed by atoms with Gasteiger partial charge in [0.05, 0.1) is 15.3 Å². The van der Waals surface area contributed by atoms with Gasteiger partial charge in [-0.2, -0.15) is 0 Å². The fourth-order valence-corrected chi connectivity index (χ4v) is 3.97. The van der Waals surface area contributed by atoms with E-state index in [2.05, 4.69) is 47.8 Å². The fraction of sp³-hybridized carbons (Fsp3) is 0.0769. The molecule has 3 rings (SSSR count). The Morgan fingerprint density at radius 3 is 2.42 bits per heavy atom. The van der Waals surface area contributed by atoms with Crippen LogP contribution in [-0.2, 0) is 0 Å². The summed E-state index contributed by atoms with van der Waals surface area (Å²) >= 11 is 10.4. The zero-order chi connectivity index (χ0) is 13.7. The molecule has 0 amide bonds. The second-order valence-corrected chi connectivity index (χ2v) is 6.99. The molecule has 1 aliphatic rings. The Kier molecular flexibility index (Phi) is 3.27. The third-order valence-corrected chi connectivity index (χ3v) is 5.08. The average Bonchev–Trinajstić information content (AvgIpc) is 2.62. The molecule has 0 spiro atoms. The molecule has 1 aliphatic carbocycles. The van der Waals surface area contributed by atoms with Crippen LogP contribution in [0.3, 0.4) is 0 Å². The van der Waals surface area contributed by atoms with Crippen molar-refractivity contribution >= 4 is 53.5 Å². The van der Waals surface area contributed by atoms with Gasteiger partial charge in [-0.25, -0.2) is 0 Å². The lowest BCUT2D eigenvalue weighted by molar-refractivity contribution is -0.384. The topological polar surface area (TPSA) is 43.1 Å². The summed E-state index contributed by atoms with van der Waals surface area (Å²) in [5, 5.41) is 11.3. The Morgan fingerprint density at radius 2 is 1.74 bits per heavy atom. The van der Waals surface area contributed by atoms with Crippen molar-refractivity contribution in [3.63, 3.8) is 0 Å². The van der Waals surface area contributed by atoms with Gasteiger partial charge in [0, 0.05) is 15.0 Å². The Hall–Kier alpha value is -0.720. The molecule has 0 saturated heterocycles. The van der Waals surface area contributed by atoms with Gasteiger partial charge in [-0.1, -0.05) is 53.9 Å². The summed E-state index contributed by atoms with van der Waals surface area (Å²) in [6.07, 6.45) is 0. The molecule has 1 atom stereocenters. The van der Waals surface area contributed by atoms with E-state index in [1.54, 1.807) is 6.07 Å². The minimum Gasteiger partial charge on any atom is -0.258 e. The molecule has 0 aromatic heterocycles. The second kappa shape index (κ2) is 4.68. The molecule has 0 bridgehead atoms. The maximum atomic E-state index is 11.3. The molecule has 6 heteroatoms. The van der Waals surface area contributed by atoms with Crippen LogP contribution in [0.15, 0.2) is 39.3 Å². The second-order valence-electron chi connectivity index (χ2n) is 4.24. The lowest BCUT2D eigenvalue weighted by atomic mass is 10.0. The van der Waals surface area contributed by atoms with E-state index >= 15 is 0 Å². The van der Waals surface area contributed by atoms with E-state index in [0.29, 0.717) is 10.0 Å². The van der Waals surface area contributed by atoms with Crippen molar-refractivity contribution in [2.45, 2.75) is 4.83 Å². The Morgan fingerprint density at radius 1 is 1.05 bits per heavy atom. The summed E-state index contributed by atoms with van der Waals surface area (Å²) in [7, 11) is 0. The molecular formula is C13H6Br3NO2. The first-order chi connectivity index (χ1) is 8.99. The zero-order valence-corrected chi connectivity index (χ0v) is 14.1. The van der Waals surface area contributed by atoms with Crippen molar-refractivity contribution in [2.75, 3.05) is 0 Å². The molecule has 0 heterocycles. The highest BCUT2D eigenvalue weighted by molar-refractivity contribution is 9.11. The van der Waals surface area contributed by atoms with Gasteiger partial charge in [0.25, 0.3) is 5.69 Å². The average molecular weight is 448 g/mol. The number of halogens is 3. The van der Waals surface area contributed by atoms with Crippen molar-refractivity contribution in [1.29, 1.82) is 0 Å². The van der Waals surface area contributed by atoms with Crippen LogP contribution in [0.5, 0.6) is 0 Å². The molecule has 0 aliphatic heterocycles. The van der Waals surface area contributed by atoms with Crippen LogP contribution in [0, 0.1) is 10.1 Å². The van der Waals surface area contributed by atoms with Crippen LogP contribution in [0.2, 0.25) is 0 Å². The Labute approximate surface area is 134 Å². The third-order valence-electron chi connectivity index (χ3n) is 3.14. The van der Waals surface area contributed by atoms with E-state index < -0.39 is 0 Å². The summed E-state index contributed by atoms with van der Waals surface area (Å²) in [4.78, 5) is 10.9. The highest BCUT2D eigenvalue weighted by Gasteiger charge is 2.33. The molecule has 0 fully saturated rings. The van der Waals surface area contributed by atoms with E-state index in [1.807, 2.05) is 24.3 Å². The molecule has 0 unspecified atom stereocenters. The van der Waals surface area contributed by atoms with Gasteiger partial charge in [-0.3, -0.25) is 10.1 Å². The normalized spacial score (nSPS) is 16.1. The Bertz CT molecular complexity index is 715. The first-order valence-electron chi connectivity index (χ1n) is 5.41. The number of alkyl halides is 1. The molecular weight excluding hydrogens is 442 g/mol. The zero-order valence-electron chi connectivity index (χ0n) is 9.36. The number of rotatable bonds is 1. The lowest BCUT2D eigenvalue weighted by Crippen LogP contribution is -1.93. The number of benzene rings is 2. The largest absolute Gasteiger partial charge is 0.278 e. The van der Waals surface area contributed by atoms with Crippen LogP contribution >= 0.6 is 47.8 Å². The predicted molar refractivity (Wildman–Crippen MR) is 84.7 cm³/mol. The van der Waals surface area contributed by atoms with Gasteiger partial charge in [-0.05, 0) is 34.9 Å². The molecule has 3 nitrogen and oxygen atoms in total. The van der Waals surface area contributed by atoms with E-state index in [9.17, 15) is 10.1 Å². The number of nitrogens with zero attached hydrogens (tertiary/aromatic N) is 1. The molecule has 2 aromatic rings. The number of hydrogen-bond acceptors (Lipinski definition) is 2. The predicted octanol–water partition coefficient (Wildman–Crippen LogP) is 5.58. The van der Waals surface area contributed by atoms with E-state index in [1.165, 1.54) is 0 Å². The van der Waals surface area contributed by atoms with E-state index in [4.69, 9.17) is 0 Å². The quantitative estimate of drug-likeness (QED) is 0.325. The van der Waals surface area contributed by atoms with Crippen LogP contribution in [0.4, 0.5) is 5.69 Å². The lowest BCUT2D eigenvalue weighted by Gasteiger charge is -2.05. The first-order valence-corrected chi connectivity index (χ1v) is 7.91. The molecule has 0 N–H and O–H groups in total. The number of nitro groups is 1. The summed E-state index contributed by atoms with van der Waals surface area (Å²) < 4.78 is 1.68. The highest BCUT2D eigenvalue weighted by atomic mass is 79.9. The molecule has 2 aromatic carbocycles. The van der Waals surface area contributed by atoms with Gasteiger partial charge in [0.1, 0.15) is 0 Å². The molecule has 0 radical (unpaired) electrons. The van der Waals surface area contributed by atoms with Crippen molar-refractivity contribution in [3.05, 3.63) is 60.5 Å². The van der Waals surface area contributed by atoms with Crippen LogP contribution in [-0.4, -0.2) is 4.92 Å². The van der Waals surface area contributed by atoms with Crippen LogP contribution in [0.25, 0.3) is 11.1 Å². The van der Waals surface area contributed by atoms with Crippen molar-refractivity contribution in [1.82, 2.24) is 0 Å². The van der Waals surface area contributed by atoms with Gasteiger partial charge in [-0.15, -0.1) is 0 Å². The van der Waals surface area contributed by atoms with Crippen molar-refractivity contribution in [2.24, 2.45) is 0 Å². The summed E-state index contributed by atoms with van der Waals surface area (Å²) in [6, 6.07) is 9.29. The highest BCUT2D eigenvalue weighted by Crippen LogP contribution is 2.52. The number of fused-ring (bicyclic) bond motifs is 3. The smallest absolute Gasteiger partial charge is 0.258 e. The maximum absolute atomic E-state index is 11.3. The molecule has 19 heavy (non-hydrogen) atoms. The van der Waals surface area contributed by atoms with Crippen LogP contribution in [0.1, 0.15) is 16.0 Å². The summed E-state index contributed by atoms with van der Waals surface area (Å²) in [6.45, 7) is 0. The fourth-order valence-electron chi connectivity index (χ4n) is 2.39. The first kappa shape index (κ1) is 13.3. The van der Waals surface area contributed by atoms with Gasteiger partial charge >= 0.3 is 0 Å². The van der Waals surface area contributed by atoms with Gasteiger partial charge in [0.15, 0.2) is 0 Å².